The third-order valence-electron chi connectivity index (χ3n) is 2.74. The Balaban J connectivity index is 2.14. The minimum absolute atomic E-state index is 0.353. The zero-order valence-electron chi connectivity index (χ0n) is 10.6. The van der Waals surface area contributed by atoms with Crippen LogP contribution in [0.2, 0.25) is 0 Å². The molecule has 7 heteroatoms. The molecule has 0 amide bonds. The van der Waals surface area contributed by atoms with Crippen molar-refractivity contribution in [3.05, 3.63) is 37.3 Å². The van der Waals surface area contributed by atoms with Crippen LogP contribution in [0.25, 0.3) is 0 Å². The Morgan fingerprint density at radius 2 is 2.16 bits per heavy atom. The van der Waals surface area contributed by atoms with Crippen LogP contribution in [0.3, 0.4) is 0 Å². The van der Waals surface area contributed by atoms with Crippen LogP contribution in [-0.2, 0) is 23.0 Å². The largest absolute Gasteiger partial charge is 0.250 e. The first-order chi connectivity index (χ1) is 8.94. The number of rotatable bonds is 5. The second-order valence-electron chi connectivity index (χ2n) is 4.07. The molecule has 0 radical (unpaired) electrons. The van der Waals surface area contributed by atoms with E-state index in [0.29, 0.717) is 10.8 Å². The first-order valence-electron chi connectivity index (χ1n) is 5.75. The fourth-order valence-corrected chi connectivity index (χ4v) is 5.91. The summed E-state index contributed by atoms with van der Waals surface area (Å²) in [5, 5.41) is 1.99. The topological polar surface area (TPSA) is 46.2 Å². The Hall–Kier alpha value is -0.210. The number of hydrogen-bond acceptors (Lipinski definition) is 4. The maximum absolute atomic E-state index is 12.2. The zero-order chi connectivity index (χ0) is 14.0. The average molecular weight is 380 g/mol. The van der Waals surface area contributed by atoms with Gasteiger partial charge in [0.05, 0.1) is 3.79 Å². The van der Waals surface area contributed by atoms with Crippen molar-refractivity contribution in [2.75, 3.05) is 0 Å². The second kappa shape index (κ2) is 6.05. The molecule has 2 aromatic heterocycles. The van der Waals surface area contributed by atoms with Crippen LogP contribution in [0.5, 0.6) is 0 Å². The van der Waals surface area contributed by atoms with Crippen molar-refractivity contribution < 1.29 is 8.42 Å². The van der Waals surface area contributed by atoms with Gasteiger partial charge in [0.2, 0.25) is 10.0 Å². The SMILES string of the molecule is CCc1ccsc1CNS(=O)(=O)c1cc(C)c(Br)s1. The van der Waals surface area contributed by atoms with Gasteiger partial charge in [-0.1, -0.05) is 6.92 Å². The van der Waals surface area contributed by atoms with Crippen LogP contribution in [0.1, 0.15) is 22.9 Å². The van der Waals surface area contributed by atoms with Gasteiger partial charge in [-0.05, 0) is 57.9 Å². The van der Waals surface area contributed by atoms with Crippen LogP contribution < -0.4 is 4.72 Å². The van der Waals surface area contributed by atoms with E-state index in [0.717, 1.165) is 20.6 Å². The van der Waals surface area contributed by atoms with Gasteiger partial charge in [-0.3, -0.25) is 0 Å². The van der Waals surface area contributed by atoms with Crippen molar-refractivity contribution in [1.82, 2.24) is 4.72 Å². The van der Waals surface area contributed by atoms with E-state index in [4.69, 9.17) is 0 Å². The van der Waals surface area contributed by atoms with Crippen molar-refractivity contribution >= 4 is 48.6 Å². The predicted octanol–water partition coefficient (Wildman–Crippen LogP) is 3.92. The van der Waals surface area contributed by atoms with Gasteiger partial charge in [-0.2, -0.15) is 0 Å². The smallest absolute Gasteiger partial charge is 0.206 e. The Bertz CT molecular complexity index is 653. The maximum Gasteiger partial charge on any atom is 0.250 e. The molecule has 0 aromatic carbocycles. The van der Waals surface area contributed by atoms with E-state index in [1.807, 2.05) is 18.4 Å². The van der Waals surface area contributed by atoms with E-state index in [2.05, 4.69) is 27.6 Å². The standard InChI is InChI=1S/C12H14BrNO2S3/c1-3-9-4-5-17-10(9)7-14-19(15,16)11-6-8(2)12(13)18-11/h4-6,14H,3,7H2,1-2H3. The molecular formula is C12H14BrNO2S3. The molecule has 104 valence electrons. The Morgan fingerprint density at radius 3 is 2.74 bits per heavy atom. The van der Waals surface area contributed by atoms with Gasteiger partial charge < -0.3 is 0 Å². The average Bonchev–Trinajstić information content (AvgIpc) is 2.94. The highest BCUT2D eigenvalue weighted by Gasteiger charge is 2.18. The molecule has 2 rings (SSSR count). The van der Waals surface area contributed by atoms with Crippen LogP contribution in [0.15, 0.2) is 25.5 Å². The summed E-state index contributed by atoms with van der Waals surface area (Å²) in [6.07, 6.45) is 0.921. The van der Waals surface area contributed by atoms with Crippen LogP contribution in [0, 0.1) is 6.92 Å². The monoisotopic (exact) mass is 379 g/mol. The fraction of sp³-hybridized carbons (Fsp3) is 0.333. The highest BCUT2D eigenvalue weighted by atomic mass is 79.9. The van der Waals surface area contributed by atoms with Crippen LogP contribution >= 0.6 is 38.6 Å². The Kier molecular flexibility index (Phi) is 4.84. The lowest BCUT2D eigenvalue weighted by Gasteiger charge is -2.04. The summed E-state index contributed by atoms with van der Waals surface area (Å²) in [6, 6.07) is 3.73. The van der Waals surface area contributed by atoms with E-state index >= 15 is 0 Å². The van der Waals surface area contributed by atoms with E-state index < -0.39 is 10.0 Å². The van der Waals surface area contributed by atoms with Gasteiger partial charge in [-0.15, -0.1) is 22.7 Å². The summed E-state index contributed by atoms with van der Waals surface area (Å²) in [5.74, 6) is 0. The molecule has 0 aliphatic rings. The van der Waals surface area contributed by atoms with Gasteiger partial charge in [0.1, 0.15) is 4.21 Å². The van der Waals surface area contributed by atoms with Crippen molar-refractivity contribution in [1.29, 1.82) is 0 Å². The highest BCUT2D eigenvalue weighted by Crippen LogP contribution is 2.30. The molecule has 0 fully saturated rings. The number of halogens is 1. The quantitative estimate of drug-likeness (QED) is 0.855. The number of aryl methyl sites for hydroxylation is 2. The molecule has 0 spiro atoms. The Labute approximate surface area is 129 Å². The summed E-state index contributed by atoms with van der Waals surface area (Å²) in [7, 11) is -3.42. The lowest BCUT2D eigenvalue weighted by Crippen LogP contribution is -2.22. The summed E-state index contributed by atoms with van der Waals surface area (Å²) < 4.78 is 28.2. The third kappa shape index (κ3) is 3.46. The molecular weight excluding hydrogens is 366 g/mol. The molecule has 0 aliphatic carbocycles. The third-order valence-corrected chi connectivity index (χ3v) is 7.72. The molecule has 0 atom stereocenters. The molecule has 2 heterocycles. The summed E-state index contributed by atoms with van der Waals surface area (Å²) >= 11 is 6.17. The van der Waals surface area contributed by atoms with E-state index in [1.54, 1.807) is 17.4 Å². The first-order valence-corrected chi connectivity index (χ1v) is 9.72. The van der Waals surface area contributed by atoms with Crippen LogP contribution in [0.4, 0.5) is 0 Å². The molecule has 0 aliphatic heterocycles. The maximum atomic E-state index is 12.2. The van der Waals surface area contributed by atoms with E-state index in [9.17, 15) is 8.42 Å². The molecule has 0 saturated carbocycles. The normalized spacial score (nSPS) is 11.9. The van der Waals surface area contributed by atoms with Gasteiger partial charge in [0.25, 0.3) is 0 Å². The number of hydrogen-bond donors (Lipinski definition) is 1. The molecule has 1 N–H and O–H groups in total. The van der Waals surface area contributed by atoms with E-state index in [-0.39, 0.29) is 0 Å². The van der Waals surface area contributed by atoms with Crippen molar-refractivity contribution in [2.24, 2.45) is 0 Å². The van der Waals surface area contributed by atoms with Gasteiger partial charge in [-0.25, -0.2) is 13.1 Å². The van der Waals surface area contributed by atoms with Gasteiger partial charge in [0, 0.05) is 11.4 Å². The van der Waals surface area contributed by atoms with Gasteiger partial charge >= 0.3 is 0 Å². The van der Waals surface area contributed by atoms with Crippen molar-refractivity contribution in [2.45, 2.75) is 31.0 Å². The highest BCUT2D eigenvalue weighted by molar-refractivity contribution is 9.11. The number of nitrogens with one attached hydrogen (secondary N) is 1. The first kappa shape index (κ1) is 15.2. The number of sulfonamides is 1. The molecule has 0 bridgehead atoms. The second-order valence-corrected chi connectivity index (χ2v) is 9.43. The number of thiophene rings is 2. The molecule has 0 saturated heterocycles. The molecule has 19 heavy (non-hydrogen) atoms. The summed E-state index contributed by atoms with van der Waals surface area (Å²) in [5.41, 5.74) is 2.15. The van der Waals surface area contributed by atoms with E-state index in [1.165, 1.54) is 16.9 Å². The fourth-order valence-electron chi connectivity index (χ4n) is 1.63. The zero-order valence-corrected chi connectivity index (χ0v) is 14.6. The molecule has 2 aromatic rings. The summed E-state index contributed by atoms with van der Waals surface area (Å²) in [4.78, 5) is 1.08. The predicted molar refractivity (Wildman–Crippen MR) is 84.5 cm³/mol. The summed E-state index contributed by atoms with van der Waals surface area (Å²) in [6.45, 7) is 4.31. The van der Waals surface area contributed by atoms with Crippen molar-refractivity contribution in [3.63, 3.8) is 0 Å². The minimum Gasteiger partial charge on any atom is -0.206 e. The lowest BCUT2D eigenvalue weighted by atomic mass is 10.2. The molecule has 0 unspecified atom stereocenters. The lowest BCUT2D eigenvalue weighted by molar-refractivity contribution is 0.583. The van der Waals surface area contributed by atoms with Crippen molar-refractivity contribution in [3.8, 4) is 0 Å². The Morgan fingerprint density at radius 1 is 1.42 bits per heavy atom. The molecule has 3 nitrogen and oxygen atoms in total. The van der Waals surface area contributed by atoms with Crippen LogP contribution in [-0.4, -0.2) is 8.42 Å². The van der Waals surface area contributed by atoms with Gasteiger partial charge in [0.15, 0.2) is 0 Å². The minimum atomic E-state index is -3.42.